The first kappa shape index (κ1) is 13.7. The van der Waals surface area contributed by atoms with E-state index >= 15 is 0 Å². The van der Waals surface area contributed by atoms with Gasteiger partial charge in [-0.25, -0.2) is 0 Å². The second-order valence-corrected chi connectivity index (χ2v) is 4.69. The molecule has 0 amide bonds. The van der Waals surface area contributed by atoms with E-state index in [2.05, 4.69) is 52.7 Å². The van der Waals surface area contributed by atoms with Gasteiger partial charge < -0.3 is 9.84 Å². The van der Waals surface area contributed by atoms with Crippen LogP contribution in [-0.2, 0) is 6.42 Å². The number of benzene rings is 1. The predicted molar refractivity (Wildman–Crippen MR) is 74.8 cm³/mol. The number of aryl methyl sites for hydroxylation is 1. The number of nitrogens with zero attached hydrogens (tertiary/aromatic N) is 2. The molecule has 0 fully saturated rings. The molecule has 0 saturated carbocycles. The molecule has 0 spiro atoms. The lowest BCUT2D eigenvalue weighted by Gasteiger charge is -2.18. The van der Waals surface area contributed by atoms with E-state index in [4.69, 9.17) is 4.52 Å². The predicted octanol–water partition coefficient (Wildman–Crippen LogP) is 3.05. The molecule has 0 bridgehead atoms. The second-order valence-electron chi connectivity index (χ2n) is 4.69. The Balaban J connectivity index is 1.87. The third kappa shape index (κ3) is 4.17. The summed E-state index contributed by atoms with van der Waals surface area (Å²) in [5.74, 6) is 1.40. The SMILES string of the molecule is CCCC(NCCc1noc(C)n1)c1ccccc1. The maximum atomic E-state index is 4.97. The number of rotatable bonds is 7. The first-order valence-electron chi connectivity index (χ1n) is 6.87. The van der Waals surface area contributed by atoms with Crippen molar-refractivity contribution in [1.82, 2.24) is 15.5 Å². The Labute approximate surface area is 114 Å². The van der Waals surface area contributed by atoms with E-state index in [1.54, 1.807) is 0 Å². The van der Waals surface area contributed by atoms with Gasteiger partial charge >= 0.3 is 0 Å². The molecule has 0 aliphatic rings. The monoisotopic (exact) mass is 259 g/mol. The zero-order valence-electron chi connectivity index (χ0n) is 11.6. The molecule has 1 aromatic heterocycles. The summed E-state index contributed by atoms with van der Waals surface area (Å²) in [5, 5.41) is 7.48. The fraction of sp³-hybridized carbons (Fsp3) is 0.467. The van der Waals surface area contributed by atoms with Gasteiger partial charge in [0.25, 0.3) is 0 Å². The van der Waals surface area contributed by atoms with Crippen LogP contribution >= 0.6 is 0 Å². The topological polar surface area (TPSA) is 51.0 Å². The summed E-state index contributed by atoms with van der Waals surface area (Å²) >= 11 is 0. The third-order valence-electron chi connectivity index (χ3n) is 3.09. The van der Waals surface area contributed by atoms with Gasteiger partial charge in [-0.15, -0.1) is 0 Å². The molecule has 1 atom stereocenters. The Morgan fingerprint density at radius 2 is 2.05 bits per heavy atom. The van der Waals surface area contributed by atoms with Crippen LogP contribution in [0.4, 0.5) is 0 Å². The highest BCUT2D eigenvalue weighted by Gasteiger charge is 2.10. The minimum Gasteiger partial charge on any atom is -0.340 e. The molecule has 1 aromatic carbocycles. The van der Waals surface area contributed by atoms with Gasteiger partial charge in [0, 0.05) is 25.9 Å². The van der Waals surface area contributed by atoms with E-state index in [1.165, 1.54) is 5.56 Å². The molecule has 0 aliphatic heterocycles. The van der Waals surface area contributed by atoms with Crippen molar-refractivity contribution in [2.75, 3.05) is 6.54 Å². The smallest absolute Gasteiger partial charge is 0.223 e. The number of hydrogen-bond acceptors (Lipinski definition) is 4. The summed E-state index contributed by atoms with van der Waals surface area (Å²) < 4.78 is 4.97. The van der Waals surface area contributed by atoms with Crippen LogP contribution in [0.15, 0.2) is 34.9 Å². The molecule has 2 aromatic rings. The average Bonchev–Trinajstić information content (AvgIpc) is 2.84. The number of aromatic nitrogens is 2. The van der Waals surface area contributed by atoms with Crippen molar-refractivity contribution in [2.45, 2.75) is 39.2 Å². The normalized spacial score (nSPS) is 12.5. The van der Waals surface area contributed by atoms with E-state index in [9.17, 15) is 0 Å². The minimum absolute atomic E-state index is 0.402. The van der Waals surface area contributed by atoms with Crippen LogP contribution in [0.3, 0.4) is 0 Å². The minimum atomic E-state index is 0.402. The highest BCUT2D eigenvalue weighted by molar-refractivity contribution is 5.18. The average molecular weight is 259 g/mol. The van der Waals surface area contributed by atoms with Gasteiger partial charge in [-0.1, -0.05) is 48.8 Å². The Morgan fingerprint density at radius 1 is 1.26 bits per heavy atom. The molecule has 19 heavy (non-hydrogen) atoms. The fourth-order valence-electron chi connectivity index (χ4n) is 2.16. The molecule has 4 nitrogen and oxygen atoms in total. The van der Waals surface area contributed by atoms with Crippen molar-refractivity contribution in [3.8, 4) is 0 Å². The lowest BCUT2D eigenvalue weighted by molar-refractivity contribution is 0.386. The molecule has 0 saturated heterocycles. The van der Waals surface area contributed by atoms with Crippen LogP contribution in [0.5, 0.6) is 0 Å². The van der Waals surface area contributed by atoms with Gasteiger partial charge in [-0.2, -0.15) is 4.98 Å². The maximum Gasteiger partial charge on any atom is 0.223 e. The molecule has 0 aliphatic carbocycles. The van der Waals surface area contributed by atoms with Crippen molar-refractivity contribution in [3.05, 3.63) is 47.6 Å². The van der Waals surface area contributed by atoms with Gasteiger partial charge in [0.05, 0.1) is 0 Å². The molecule has 0 radical (unpaired) electrons. The van der Waals surface area contributed by atoms with Crippen LogP contribution in [-0.4, -0.2) is 16.7 Å². The van der Waals surface area contributed by atoms with Crippen LogP contribution < -0.4 is 5.32 Å². The molecule has 102 valence electrons. The molecular formula is C15H21N3O. The molecule has 1 N–H and O–H groups in total. The van der Waals surface area contributed by atoms with Crippen molar-refractivity contribution < 1.29 is 4.52 Å². The zero-order chi connectivity index (χ0) is 13.5. The summed E-state index contributed by atoms with van der Waals surface area (Å²) in [5.41, 5.74) is 1.34. The van der Waals surface area contributed by atoms with E-state index in [-0.39, 0.29) is 0 Å². The van der Waals surface area contributed by atoms with Gasteiger partial charge in [0.1, 0.15) is 0 Å². The highest BCUT2D eigenvalue weighted by atomic mass is 16.5. The number of hydrogen-bond donors (Lipinski definition) is 1. The summed E-state index contributed by atoms with van der Waals surface area (Å²) in [4.78, 5) is 4.21. The third-order valence-corrected chi connectivity index (χ3v) is 3.09. The Bertz CT molecular complexity index is 481. The molecular weight excluding hydrogens is 238 g/mol. The van der Waals surface area contributed by atoms with Crippen LogP contribution in [0.2, 0.25) is 0 Å². The van der Waals surface area contributed by atoms with E-state index in [0.29, 0.717) is 11.9 Å². The highest BCUT2D eigenvalue weighted by Crippen LogP contribution is 2.17. The number of nitrogens with one attached hydrogen (secondary N) is 1. The summed E-state index contributed by atoms with van der Waals surface area (Å²) in [7, 11) is 0. The van der Waals surface area contributed by atoms with Crippen molar-refractivity contribution in [1.29, 1.82) is 0 Å². The Kier molecular flexibility index (Phi) is 5.10. The fourth-order valence-corrected chi connectivity index (χ4v) is 2.16. The standard InChI is InChI=1S/C15H21N3O/c1-3-7-14(13-8-5-4-6-9-13)16-11-10-15-17-12(2)19-18-15/h4-6,8-9,14,16H,3,7,10-11H2,1-2H3. The van der Waals surface area contributed by atoms with Crippen LogP contribution in [0.25, 0.3) is 0 Å². The van der Waals surface area contributed by atoms with Crippen LogP contribution in [0, 0.1) is 6.92 Å². The Hall–Kier alpha value is -1.68. The molecule has 1 heterocycles. The van der Waals surface area contributed by atoms with Gasteiger partial charge in [-0.3, -0.25) is 0 Å². The van der Waals surface area contributed by atoms with Gasteiger partial charge in [0.2, 0.25) is 5.89 Å². The first-order chi connectivity index (χ1) is 9.29. The van der Waals surface area contributed by atoms with Crippen molar-refractivity contribution in [2.24, 2.45) is 0 Å². The Morgan fingerprint density at radius 3 is 2.68 bits per heavy atom. The maximum absolute atomic E-state index is 4.97. The second kappa shape index (κ2) is 7.04. The van der Waals surface area contributed by atoms with E-state index in [0.717, 1.165) is 31.6 Å². The zero-order valence-corrected chi connectivity index (χ0v) is 11.6. The molecule has 2 rings (SSSR count). The quantitative estimate of drug-likeness (QED) is 0.830. The van der Waals surface area contributed by atoms with Gasteiger partial charge in [0.15, 0.2) is 5.82 Å². The lowest BCUT2D eigenvalue weighted by atomic mass is 10.0. The summed E-state index contributed by atoms with van der Waals surface area (Å²) in [6, 6.07) is 11.0. The van der Waals surface area contributed by atoms with Crippen LogP contribution in [0.1, 0.15) is 43.1 Å². The molecule has 4 heteroatoms. The van der Waals surface area contributed by atoms with Crippen molar-refractivity contribution >= 4 is 0 Å². The summed E-state index contributed by atoms with van der Waals surface area (Å²) in [6.07, 6.45) is 3.09. The summed E-state index contributed by atoms with van der Waals surface area (Å²) in [6.45, 7) is 4.88. The van der Waals surface area contributed by atoms with E-state index in [1.807, 2.05) is 6.92 Å². The van der Waals surface area contributed by atoms with Crippen molar-refractivity contribution in [3.63, 3.8) is 0 Å². The molecule has 1 unspecified atom stereocenters. The first-order valence-corrected chi connectivity index (χ1v) is 6.87. The van der Waals surface area contributed by atoms with Gasteiger partial charge in [-0.05, 0) is 12.0 Å². The van der Waals surface area contributed by atoms with E-state index < -0.39 is 0 Å². The lowest BCUT2D eigenvalue weighted by Crippen LogP contribution is -2.24. The largest absolute Gasteiger partial charge is 0.340 e.